The van der Waals surface area contributed by atoms with Crippen molar-refractivity contribution < 1.29 is 4.79 Å². The average Bonchev–Trinajstić information content (AvgIpc) is 3.36. The highest BCUT2D eigenvalue weighted by molar-refractivity contribution is 7.10. The Balaban J connectivity index is 1.52. The number of hydrogen-bond acceptors (Lipinski definition) is 5. The van der Waals surface area contributed by atoms with Gasteiger partial charge in [-0.3, -0.25) is 19.1 Å². The minimum absolute atomic E-state index is 0.0191. The monoisotopic (exact) mass is 384 g/mol. The molecule has 1 amide bonds. The van der Waals surface area contributed by atoms with Gasteiger partial charge in [0.1, 0.15) is 5.65 Å². The molecular formula is C19H20N4O3S. The summed E-state index contributed by atoms with van der Waals surface area (Å²) in [4.78, 5) is 45.4. The van der Waals surface area contributed by atoms with E-state index in [4.69, 9.17) is 0 Å². The fraction of sp³-hybridized carbons (Fsp3) is 0.368. The van der Waals surface area contributed by atoms with E-state index in [9.17, 15) is 14.4 Å². The van der Waals surface area contributed by atoms with Crippen molar-refractivity contribution in [2.45, 2.75) is 37.6 Å². The Kier molecular flexibility index (Phi) is 4.65. The van der Waals surface area contributed by atoms with Gasteiger partial charge in [-0.05, 0) is 36.4 Å². The molecule has 0 aliphatic heterocycles. The zero-order valence-electron chi connectivity index (χ0n) is 14.7. The highest BCUT2D eigenvalue weighted by Crippen LogP contribution is 2.43. The Labute approximate surface area is 159 Å². The fourth-order valence-electron chi connectivity index (χ4n) is 3.85. The van der Waals surface area contributed by atoms with Crippen molar-refractivity contribution in [2.24, 2.45) is 0 Å². The first kappa shape index (κ1) is 17.7. The number of aromatic amines is 1. The Hall–Kier alpha value is -2.74. The number of nitrogens with zero attached hydrogens (tertiary/aromatic N) is 2. The van der Waals surface area contributed by atoms with Gasteiger partial charge in [-0.25, -0.2) is 9.78 Å². The summed E-state index contributed by atoms with van der Waals surface area (Å²) in [5.74, 6) is -0.0191. The number of amides is 1. The van der Waals surface area contributed by atoms with Crippen LogP contribution in [0.15, 0.2) is 45.4 Å². The molecule has 3 aromatic rings. The van der Waals surface area contributed by atoms with Crippen molar-refractivity contribution in [3.05, 3.63) is 61.6 Å². The van der Waals surface area contributed by atoms with Crippen LogP contribution in [0.2, 0.25) is 0 Å². The molecule has 0 unspecified atom stereocenters. The lowest BCUT2D eigenvalue weighted by molar-refractivity contribution is -0.126. The Bertz CT molecular complexity index is 1080. The van der Waals surface area contributed by atoms with Gasteiger partial charge in [-0.15, -0.1) is 11.3 Å². The van der Waals surface area contributed by atoms with Gasteiger partial charge >= 0.3 is 5.69 Å². The largest absolute Gasteiger partial charge is 0.354 e. The average molecular weight is 384 g/mol. The maximum Gasteiger partial charge on any atom is 0.330 e. The molecule has 1 saturated carbocycles. The number of carbonyl (C=O) groups excluding carboxylic acids is 1. The summed E-state index contributed by atoms with van der Waals surface area (Å²) >= 11 is 1.61. The number of thiophene rings is 1. The Morgan fingerprint density at radius 1 is 1.26 bits per heavy atom. The number of rotatable bonds is 5. The molecule has 2 N–H and O–H groups in total. The Morgan fingerprint density at radius 2 is 2.07 bits per heavy atom. The summed E-state index contributed by atoms with van der Waals surface area (Å²) < 4.78 is 1.11. The summed E-state index contributed by atoms with van der Waals surface area (Å²) in [7, 11) is 0. The maximum absolute atomic E-state index is 13.0. The number of H-pyrrole nitrogens is 1. The van der Waals surface area contributed by atoms with E-state index < -0.39 is 16.7 Å². The van der Waals surface area contributed by atoms with Gasteiger partial charge in [0.2, 0.25) is 5.91 Å². The number of pyridine rings is 1. The summed E-state index contributed by atoms with van der Waals surface area (Å²) in [6.07, 6.45) is 5.25. The van der Waals surface area contributed by atoms with E-state index in [1.807, 2.05) is 17.5 Å². The quantitative estimate of drug-likeness (QED) is 0.701. The van der Waals surface area contributed by atoms with E-state index >= 15 is 0 Å². The molecule has 0 saturated heterocycles. The maximum atomic E-state index is 13.0. The van der Waals surface area contributed by atoms with Crippen molar-refractivity contribution >= 4 is 28.3 Å². The van der Waals surface area contributed by atoms with Gasteiger partial charge in [-0.2, -0.15) is 0 Å². The molecule has 0 atom stereocenters. The molecule has 8 heteroatoms. The van der Waals surface area contributed by atoms with E-state index in [0.717, 1.165) is 35.1 Å². The topological polar surface area (TPSA) is 96.8 Å². The van der Waals surface area contributed by atoms with Crippen molar-refractivity contribution in [1.29, 1.82) is 0 Å². The van der Waals surface area contributed by atoms with Crippen LogP contribution in [0.3, 0.4) is 0 Å². The molecule has 3 heterocycles. The van der Waals surface area contributed by atoms with Crippen LogP contribution in [0.25, 0.3) is 11.0 Å². The second-order valence-electron chi connectivity index (χ2n) is 6.81. The van der Waals surface area contributed by atoms with Gasteiger partial charge in [0.05, 0.1) is 10.8 Å². The minimum Gasteiger partial charge on any atom is -0.354 e. The smallest absolute Gasteiger partial charge is 0.330 e. The first-order valence-electron chi connectivity index (χ1n) is 9.02. The van der Waals surface area contributed by atoms with E-state index in [-0.39, 0.29) is 24.6 Å². The summed E-state index contributed by atoms with van der Waals surface area (Å²) in [5, 5.41) is 5.29. The second kappa shape index (κ2) is 7.11. The molecule has 140 valence electrons. The molecule has 0 aromatic carbocycles. The lowest BCUT2D eigenvalue weighted by Crippen LogP contribution is -2.45. The van der Waals surface area contributed by atoms with Gasteiger partial charge in [0.15, 0.2) is 0 Å². The predicted molar refractivity (Wildman–Crippen MR) is 104 cm³/mol. The molecular weight excluding hydrogens is 364 g/mol. The third kappa shape index (κ3) is 3.10. The number of fused-ring (bicyclic) bond motifs is 1. The third-order valence-electron chi connectivity index (χ3n) is 5.26. The van der Waals surface area contributed by atoms with Crippen LogP contribution in [0.1, 0.15) is 30.6 Å². The molecule has 4 rings (SSSR count). The predicted octanol–water partition coefficient (Wildman–Crippen LogP) is 1.77. The van der Waals surface area contributed by atoms with Gasteiger partial charge in [0.25, 0.3) is 5.56 Å². The SMILES string of the molecule is O=C(NCCn1c(=O)[nH]c2ncccc2c1=O)C1(c2cccs2)CCCC1. The second-order valence-corrected chi connectivity index (χ2v) is 7.76. The number of carbonyl (C=O) groups is 1. The van der Waals surface area contributed by atoms with Crippen molar-refractivity contribution in [1.82, 2.24) is 19.9 Å². The normalized spacial score (nSPS) is 15.9. The highest BCUT2D eigenvalue weighted by Gasteiger charge is 2.43. The molecule has 0 spiro atoms. The molecule has 1 fully saturated rings. The van der Waals surface area contributed by atoms with E-state index in [2.05, 4.69) is 15.3 Å². The first-order chi connectivity index (χ1) is 13.1. The van der Waals surface area contributed by atoms with E-state index in [1.165, 1.54) is 6.20 Å². The van der Waals surface area contributed by atoms with Crippen LogP contribution in [-0.4, -0.2) is 27.0 Å². The lowest BCUT2D eigenvalue weighted by Gasteiger charge is -2.26. The molecule has 0 bridgehead atoms. The molecule has 3 aromatic heterocycles. The Morgan fingerprint density at radius 3 is 2.81 bits per heavy atom. The highest BCUT2D eigenvalue weighted by atomic mass is 32.1. The molecule has 1 aliphatic carbocycles. The van der Waals surface area contributed by atoms with Crippen molar-refractivity contribution in [3.63, 3.8) is 0 Å². The lowest BCUT2D eigenvalue weighted by atomic mass is 9.83. The third-order valence-corrected chi connectivity index (χ3v) is 6.33. The number of nitrogens with one attached hydrogen (secondary N) is 2. The van der Waals surface area contributed by atoms with Crippen LogP contribution < -0.4 is 16.6 Å². The zero-order valence-corrected chi connectivity index (χ0v) is 15.6. The van der Waals surface area contributed by atoms with Crippen molar-refractivity contribution in [2.75, 3.05) is 6.54 Å². The van der Waals surface area contributed by atoms with Crippen LogP contribution >= 0.6 is 11.3 Å². The number of aromatic nitrogens is 3. The number of hydrogen-bond donors (Lipinski definition) is 2. The van der Waals surface area contributed by atoms with Crippen LogP contribution in [0.5, 0.6) is 0 Å². The molecule has 7 nitrogen and oxygen atoms in total. The first-order valence-corrected chi connectivity index (χ1v) is 9.90. The van der Waals surface area contributed by atoms with Gasteiger partial charge in [0, 0.05) is 24.2 Å². The fourth-order valence-corrected chi connectivity index (χ4v) is 4.84. The summed E-state index contributed by atoms with van der Waals surface area (Å²) in [6, 6.07) is 7.26. The standard InChI is InChI=1S/C19H20N4O3S/c24-16-13-5-3-9-20-15(13)22-18(26)23(16)11-10-21-17(25)19(7-1-2-8-19)14-6-4-12-27-14/h3-6,9,12H,1-2,7-8,10-11H2,(H,21,25)(H,20,22,26). The molecule has 1 aliphatic rings. The van der Waals surface area contributed by atoms with Crippen LogP contribution in [0.4, 0.5) is 0 Å². The van der Waals surface area contributed by atoms with Gasteiger partial charge < -0.3 is 5.32 Å². The minimum atomic E-state index is -0.519. The molecule has 0 radical (unpaired) electrons. The van der Waals surface area contributed by atoms with Crippen LogP contribution in [0, 0.1) is 0 Å². The zero-order chi connectivity index (χ0) is 18.9. The van der Waals surface area contributed by atoms with E-state index in [1.54, 1.807) is 23.5 Å². The summed E-state index contributed by atoms with van der Waals surface area (Å²) in [6.45, 7) is 0.339. The summed E-state index contributed by atoms with van der Waals surface area (Å²) in [5.41, 5.74) is -1.12. The van der Waals surface area contributed by atoms with Crippen LogP contribution in [-0.2, 0) is 16.8 Å². The van der Waals surface area contributed by atoms with E-state index in [0.29, 0.717) is 5.39 Å². The van der Waals surface area contributed by atoms with Crippen molar-refractivity contribution in [3.8, 4) is 0 Å². The van der Waals surface area contributed by atoms with Gasteiger partial charge in [-0.1, -0.05) is 18.9 Å². The molecule has 27 heavy (non-hydrogen) atoms.